The Labute approximate surface area is 279 Å². The Kier molecular flexibility index (Phi) is 15.7. The molecule has 2 atom stereocenters. The summed E-state index contributed by atoms with van der Waals surface area (Å²) in [6.45, 7) is 2.11. The van der Waals surface area contributed by atoms with Gasteiger partial charge in [-0.25, -0.2) is 0 Å². The molecular formula is C42H58N4. The monoisotopic (exact) mass is 618 g/mol. The molecule has 4 aromatic carbocycles. The Morgan fingerprint density at radius 3 is 1.11 bits per heavy atom. The quantitative estimate of drug-likeness (QED) is 0.0661. The van der Waals surface area contributed by atoms with E-state index < -0.39 is 0 Å². The Morgan fingerprint density at radius 1 is 0.413 bits per heavy atom. The number of hydrogen-bond acceptors (Lipinski definition) is 4. The van der Waals surface area contributed by atoms with Gasteiger partial charge in [0.2, 0.25) is 0 Å². The van der Waals surface area contributed by atoms with Gasteiger partial charge < -0.3 is 22.1 Å². The van der Waals surface area contributed by atoms with E-state index in [1.165, 1.54) is 94.6 Å². The van der Waals surface area contributed by atoms with E-state index in [9.17, 15) is 0 Å². The molecule has 0 fully saturated rings. The molecule has 0 spiro atoms. The Morgan fingerprint density at radius 2 is 0.739 bits per heavy atom. The standard InChI is InChI=1S/C42H58N4/c1-34(43)20-14-10-8-6-4-2-3-5-7-9-11-19-25-41(44)42(35-26-30-39(31-27-35)45-37-21-15-12-16-22-37)36-28-32-40(33-29-36)46-38-23-17-13-18-24-38/h12-13,15-18,21-24,26-34,41-42,45-46H,2-11,14,19-20,25,43-44H2,1H3. The molecule has 4 aromatic rings. The molecule has 0 aliphatic carbocycles. The smallest absolute Gasteiger partial charge is 0.0384 e. The van der Waals surface area contributed by atoms with Crippen LogP contribution in [0.3, 0.4) is 0 Å². The molecular weight excluding hydrogens is 560 g/mol. The Hall–Kier alpha value is -3.60. The van der Waals surface area contributed by atoms with Crippen molar-refractivity contribution >= 4 is 22.7 Å². The van der Waals surface area contributed by atoms with Gasteiger partial charge in [-0.2, -0.15) is 0 Å². The van der Waals surface area contributed by atoms with Gasteiger partial charge in [-0.1, -0.05) is 138 Å². The highest BCUT2D eigenvalue weighted by atomic mass is 14.9. The first kappa shape index (κ1) is 35.3. The normalized spacial score (nSPS) is 12.6. The number of unbranched alkanes of at least 4 members (excludes halogenated alkanes) is 11. The van der Waals surface area contributed by atoms with Crippen molar-refractivity contribution in [3.63, 3.8) is 0 Å². The first-order valence-electron chi connectivity index (χ1n) is 17.9. The van der Waals surface area contributed by atoms with Gasteiger partial charge in [0.25, 0.3) is 0 Å². The molecule has 0 amide bonds. The van der Waals surface area contributed by atoms with Crippen LogP contribution in [0.1, 0.15) is 114 Å². The number of nitrogens with one attached hydrogen (secondary N) is 2. The van der Waals surface area contributed by atoms with Crippen molar-refractivity contribution < 1.29 is 0 Å². The molecule has 6 N–H and O–H groups in total. The predicted octanol–water partition coefficient (Wildman–Crippen LogP) is 11.4. The number of para-hydroxylation sites is 2. The zero-order chi connectivity index (χ0) is 32.2. The number of nitrogens with two attached hydrogens (primary N) is 2. The van der Waals surface area contributed by atoms with Crippen LogP contribution in [0.15, 0.2) is 109 Å². The van der Waals surface area contributed by atoms with E-state index in [4.69, 9.17) is 11.5 Å². The summed E-state index contributed by atoms with van der Waals surface area (Å²) in [6, 6.07) is 38.7. The third-order valence-corrected chi connectivity index (χ3v) is 9.04. The summed E-state index contributed by atoms with van der Waals surface area (Å²) in [6.07, 6.45) is 18.2. The van der Waals surface area contributed by atoms with E-state index >= 15 is 0 Å². The SMILES string of the molecule is CC(N)CCCCCCCCCCCCCCC(N)C(c1ccc(Nc2ccccc2)cc1)c1ccc(Nc2ccccc2)cc1. The number of rotatable bonds is 22. The van der Waals surface area contributed by atoms with Crippen molar-refractivity contribution in [3.05, 3.63) is 120 Å². The minimum atomic E-state index is 0.0638. The maximum atomic E-state index is 7.02. The Bertz CT molecular complexity index is 1230. The number of hydrogen-bond donors (Lipinski definition) is 4. The molecule has 46 heavy (non-hydrogen) atoms. The van der Waals surface area contributed by atoms with Crippen LogP contribution in [-0.4, -0.2) is 12.1 Å². The van der Waals surface area contributed by atoms with Gasteiger partial charge in [-0.3, -0.25) is 0 Å². The lowest BCUT2D eigenvalue weighted by atomic mass is 9.83. The minimum absolute atomic E-state index is 0.0638. The number of anilines is 4. The van der Waals surface area contributed by atoms with Gasteiger partial charge in [0.1, 0.15) is 0 Å². The van der Waals surface area contributed by atoms with Gasteiger partial charge >= 0.3 is 0 Å². The molecule has 0 aromatic heterocycles. The van der Waals surface area contributed by atoms with Gasteiger partial charge in [-0.15, -0.1) is 0 Å². The zero-order valence-corrected chi connectivity index (χ0v) is 28.2. The molecule has 0 saturated carbocycles. The summed E-state index contributed by atoms with van der Waals surface area (Å²) in [5, 5.41) is 7.02. The van der Waals surface area contributed by atoms with Crippen molar-refractivity contribution in [2.45, 2.75) is 115 Å². The third-order valence-electron chi connectivity index (χ3n) is 9.04. The van der Waals surface area contributed by atoms with Crippen molar-refractivity contribution in [2.75, 3.05) is 10.6 Å². The zero-order valence-electron chi connectivity index (χ0n) is 28.2. The molecule has 246 valence electrons. The van der Waals surface area contributed by atoms with E-state index in [1.807, 2.05) is 12.1 Å². The first-order chi connectivity index (χ1) is 22.6. The fourth-order valence-electron chi connectivity index (χ4n) is 6.39. The molecule has 0 saturated heterocycles. The van der Waals surface area contributed by atoms with E-state index in [0.717, 1.165) is 29.2 Å². The van der Waals surface area contributed by atoms with Crippen LogP contribution >= 0.6 is 0 Å². The Balaban J connectivity index is 1.25. The fraction of sp³-hybridized carbons (Fsp3) is 0.429. The average Bonchev–Trinajstić information content (AvgIpc) is 3.07. The molecule has 4 nitrogen and oxygen atoms in total. The van der Waals surface area contributed by atoms with Crippen LogP contribution in [-0.2, 0) is 0 Å². The highest BCUT2D eigenvalue weighted by Gasteiger charge is 2.22. The number of benzene rings is 4. The molecule has 0 bridgehead atoms. The highest BCUT2D eigenvalue weighted by Crippen LogP contribution is 2.32. The molecule has 4 rings (SSSR count). The lowest BCUT2D eigenvalue weighted by Gasteiger charge is -2.26. The van der Waals surface area contributed by atoms with Gasteiger partial charge in [0.15, 0.2) is 0 Å². The van der Waals surface area contributed by atoms with Crippen molar-refractivity contribution in [1.29, 1.82) is 0 Å². The van der Waals surface area contributed by atoms with Crippen molar-refractivity contribution in [1.82, 2.24) is 0 Å². The van der Waals surface area contributed by atoms with Crippen LogP contribution in [0.5, 0.6) is 0 Å². The second-order valence-electron chi connectivity index (χ2n) is 13.2. The average molecular weight is 619 g/mol. The lowest BCUT2D eigenvalue weighted by Crippen LogP contribution is -2.29. The van der Waals surface area contributed by atoms with E-state index in [-0.39, 0.29) is 12.0 Å². The molecule has 0 heterocycles. The van der Waals surface area contributed by atoms with Gasteiger partial charge in [0, 0.05) is 40.8 Å². The first-order valence-corrected chi connectivity index (χ1v) is 17.9. The van der Waals surface area contributed by atoms with Crippen LogP contribution in [0.25, 0.3) is 0 Å². The summed E-state index contributed by atoms with van der Waals surface area (Å²) in [5.74, 6) is 0.148. The summed E-state index contributed by atoms with van der Waals surface area (Å²) in [5.41, 5.74) is 19.8. The summed E-state index contributed by atoms with van der Waals surface area (Å²) in [7, 11) is 0. The lowest BCUT2D eigenvalue weighted by molar-refractivity contribution is 0.493. The van der Waals surface area contributed by atoms with E-state index in [0.29, 0.717) is 6.04 Å². The van der Waals surface area contributed by atoms with E-state index in [2.05, 4.69) is 115 Å². The van der Waals surface area contributed by atoms with Crippen molar-refractivity contribution in [2.24, 2.45) is 11.5 Å². The van der Waals surface area contributed by atoms with E-state index in [1.54, 1.807) is 0 Å². The third kappa shape index (κ3) is 13.0. The maximum absolute atomic E-state index is 7.02. The second kappa shape index (κ2) is 20.5. The molecule has 2 unspecified atom stereocenters. The largest absolute Gasteiger partial charge is 0.356 e. The van der Waals surface area contributed by atoms with Crippen LogP contribution < -0.4 is 22.1 Å². The molecule has 0 aliphatic heterocycles. The highest BCUT2D eigenvalue weighted by molar-refractivity contribution is 5.61. The summed E-state index contributed by atoms with van der Waals surface area (Å²) < 4.78 is 0. The maximum Gasteiger partial charge on any atom is 0.0384 e. The summed E-state index contributed by atoms with van der Waals surface area (Å²) >= 11 is 0. The molecule has 0 radical (unpaired) electrons. The van der Waals surface area contributed by atoms with Gasteiger partial charge in [0.05, 0.1) is 0 Å². The van der Waals surface area contributed by atoms with Crippen LogP contribution in [0.2, 0.25) is 0 Å². The second-order valence-corrected chi connectivity index (χ2v) is 13.2. The molecule has 4 heteroatoms. The molecule has 0 aliphatic rings. The predicted molar refractivity (Wildman–Crippen MR) is 200 cm³/mol. The van der Waals surface area contributed by atoms with Gasteiger partial charge in [-0.05, 0) is 79.4 Å². The fourth-order valence-corrected chi connectivity index (χ4v) is 6.39. The van der Waals surface area contributed by atoms with Crippen LogP contribution in [0, 0.1) is 0 Å². The van der Waals surface area contributed by atoms with Crippen LogP contribution in [0.4, 0.5) is 22.7 Å². The topological polar surface area (TPSA) is 76.1 Å². The van der Waals surface area contributed by atoms with Crippen molar-refractivity contribution in [3.8, 4) is 0 Å². The minimum Gasteiger partial charge on any atom is -0.356 e. The summed E-state index contributed by atoms with van der Waals surface area (Å²) in [4.78, 5) is 0.